The van der Waals surface area contributed by atoms with Crippen LogP contribution in [-0.4, -0.2) is 23.4 Å². The van der Waals surface area contributed by atoms with E-state index in [2.05, 4.69) is 0 Å². The first-order chi connectivity index (χ1) is 17.3. The van der Waals surface area contributed by atoms with E-state index in [-0.39, 0.29) is 40.2 Å². The Morgan fingerprint density at radius 3 is 2.42 bits per heavy atom. The van der Waals surface area contributed by atoms with E-state index in [9.17, 15) is 28.9 Å². The predicted molar refractivity (Wildman–Crippen MR) is 127 cm³/mol. The van der Waals surface area contributed by atoms with Gasteiger partial charge in [0.15, 0.2) is 5.43 Å². The SMILES string of the molecule is CCOC(=O)c1ccc(N2C(=O)c3oc4ccc(F)cc4c(=O)c3C2c2ccc([N+](=O)[O-])cc2)cc1. The average Bonchev–Trinajstić information content (AvgIpc) is 3.17. The number of esters is 1. The highest BCUT2D eigenvalue weighted by molar-refractivity contribution is 6.10. The summed E-state index contributed by atoms with van der Waals surface area (Å²) in [5, 5.41) is 11.1. The van der Waals surface area contributed by atoms with Crippen LogP contribution in [0.15, 0.2) is 75.9 Å². The van der Waals surface area contributed by atoms with Gasteiger partial charge in [-0.15, -0.1) is 0 Å². The van der Waals surface area contributed by atoms with Gasteiger partial charge >= 0.3 is 5.97 Å². The molecule has 0 aliphatic carbocycles. The van der Waals surface area contributed by atoms with Crippen molar-refractivity contribution in [3.63, 3.8) is 0 Å². The smallest absolute Gasteiger partial charge is 0.338 e. The number of rotatable bonds is 5. The standard InChI is InChI=1S/C26H17FN2O7/c1-2-35-26(32)15-5-8-17(9-6-15)28-22(14-3-10-18(11-4-14)29(33)34)21-23(30)19-13-16(27)7-12-20(19)36-24(21)25(28)31/h3-13,22H,2H2,1H3. The average molecular weight is 488 g/mol. The fraction of sp³-hybridized carbons (Fsp3) is 0.115. The highest BCUT2D eigenvalue weighted by Gasteiger charge is 2.43. The maximum Gasteiger partial charge on any atom is 0.338 e. The zero-order valence-electron chi connectivity index (χ0n) is 18.8. The van der Waals surface area contributed by atoms with Crippen molar-refractivity contribution < 1.29 is 28.1 Å². The first-order valence-corrected chi connectivity index (χ1v) is 10.9. The van der Waals surface area contributed by atoms with Crippen LogP contribution in [0.2, 0.25) is 0 Å². The number of nitrogens with zero attached hydrogens (tertiary/aromatic N) is 2. The van der Waals surface area contributed by atoms with Gasteiger partial charge in [-0.1, -0.05) is 0 Å². The molecular formula is C26H17FN2O7. The molecule has 9 nitrogen and oxygen atoms in total. The van der Waals surface area contributed by atoms with Crippen LogP contribution >= 0.6 is 0 Å². The van der Waals surface area contributed by atoms with E-state index >= 15 is 0 Å². The van der Waals surface area contributed by atoms with Gasteiger partial charge in [0.05, 0.1) is 34.1 Å². The third-order valence-corrected chi connectivity index (χ3v) is 5.91. The number of non-ortho nitro benzene ring substituents is 1. The summed E-state index contributed by atoms with van der Waals surface area (Å²) in [5.41, 5.74) is 0.306. The van der Waals surface area contributed by atoms with E-state index in [4.69, 9.17) is 9.15 Å². The number of carbonyl (C=O) groups excluding carboxylic acids is 2. The number of hydrogen-bond donors (Lipinski definition) is 0. The van der Waals surface area contributed by atoms with Crippen molar-refractivity contribution in [3.8, 4) is 0 Å². The summed E-state index contributed by atoms with van der Waals surface area (Å²) in [5.74, 6) is -2.01. The Hall–Kier alpha value is -4.86. The van der Waals surface area contributed by atoms with Crippen molar-refractivity contribution in [1.29, 1.82) is 0 Å². The molecule has 2 heterocycles. The number of carbonyl (C=O) groups is 2. The Kier molecular flexibility index (Phi) is 5.56. The third-order valence-electron chi connectivity index (χ3n) is 5.91. The fourth-order valence-electron chi connectivity index (χ4n) is 4.28. The molecule has 0 radical (unpaired) electrons. The van der Waals surface area contributed by atoms with Gasteiger partial charge < -0.3 is 9.15 Å². The van der Waals surface area contributed by atoms with Crippen LogP contribution < -0.4 is 10.3 Å². The Labute approximate surface area is 202 Å². The summed E-state index contributed by atoms with van der Waals surface area (Å²) in [4.78, 5) is 51.0. The van der Waals surface area contributed by atoms with Gasteiger partial charge in [0.25, 0.3) is 11.6 Å². The molecule has 1 amide bonds. The van der Waals surface area contributed by atoms with E-state index in [1.807, 2.05) is 0 Å². The molecule has 1 unspecified atom stereocenters. The number of amides is 1. The molecule has 36 heavy (non-hydrogen) atoms. The lowest BCUT2D eigenvalue weighted by molar-refractivity contribution is -0.384. The number of nitro groups is 1. The van der Waals surface area contributed by atoms with Crippen molar-refractivity contribution in [3.05, 3.63) is 115 Å². The second-order valence-electron chi connectivity index (χ2n) is 8.01. The molecule has 0 saturated heterocycles. The molecule has 4 aromatic rings. The van der Waals surface area contributed by atoms with Gasteiger partial charge in [0.1, 0.15) is 11.4 Å². The Balaban J connectivity index is 1.70. The predicted octanol–water partition coefficient (Wildman–Crippen LogP) is 4.77. The Morgan fingerprint density at radius 1 is 1.08 bits per heavy atom. The molecular weight excluding hydrogens is 471 g/mol. The number of nitro benzene ring substituents is 1. The minimum atomic E-state index is -1.01. The van der Waals surface area contributed by atoms with E-state index in [1.54, 1.807) is 6.92 Å². The number of benzene rings is 3. The molecule has 5 rings (SSSR count). The van der Waals surface area contributed by atoms with E-state index < -0.39 is 34.1 Å². The van der Waals surface area contributed by atoms with Crippen LogP contribution in [0.4, 0.5) is 15.8 Å². The molecule has 1 aromatic heterocycles. The third kappa shape index (κ3) is 3.68. The maximum absolute atomic E-state index is 13.9. The highest BCUT2D eigenvalue weighted by Crippen LogP contribution is 2.41. The molecule has 3 aromatic carbocycles. The lowest BCUT2D eigenvalue weighted by Crippen LogP contribution is -2.29. The summed E-state index contributed by atoms with van der Waals surface area (Å²) >= 11 is 0. The lowest BCUT2D eigenvalue weighted by Gasteiger charge is -2.25. The van der Waals surface area contributed by atoms with Gasteiger partial charge in [-0.05, 0) is 67.1 Å². The molecule has 0 N–H and O–H groups in total. The molecule has 1 aliphatic rings. The minimum absolute atomic E-state index is 0.0126. The van der Waals surface area contributed by atoms with Crippen LogP contribution in [-0.2, 0) is 4.74 Å². The quantitative estimate of drug-likeness (QED) is 0.225. The van der Waals surface area contributed by atoms with Gasteiger partial charge in [-0.25, -0.2) is 9.18 Å². The van der Waals surface area contributed by atoms with E-state index in [0.717, 1.165) is 12.1 Å². The Bertz CT molecular complexity index is 1590. The molecule has 0 bridgehead atoms. The number of ether oxygens (including phenoxy) is 1. The summed E-state index contributed by atoms with van der Waals surface area (Å²) < 4.78 is 24.7. The number of fused-ring (bicyclic) bond motifs is 2. The minimum Gasteiger partial charge on any atom is -0.462 e. The van der Waals surface area contributed by atoms with Crippen LogP contribution in [0.25, 0.3) is 11.0 Å². The van der Waals surface area contributed by atoms with Crippen LogP contribution in [0.5, 0.6) is 0 Å². The van der Waals surface area contributed by atoms with Crippen molar-refractivity contribution >= 4 is 34.2 Å². The zero-order chi connectivity index (χ0) is 25.6. The van der Waals surface area contributed by atoms with Crippen LogP contribution in [0, 0.1) is 15.9 Å². The number of hydrogen-bond acceptors (Lipinski definition) is 7. The normalized spacial score (nSPS) is 14.7. The second kappa shape index (κ2) is 8.73. The first-order valence-electron chi connectivity index (χ1n) is 10.9. The Morgan fingerprint density at radius 2 is 1.78 bits per heavy atom. The van der Waals surface area contributed by atoms with Crippen molar-refractivity contribution in [2.45, 2.75) is 13.0 Å². The maximum atomic E-state index is 13.9. The molecule has 0 saturated carbocycles. The van der Waals surface area contributed by atoms with E-state index in [1.165, 1.54) is 59.5 Å². The fourth-order valence-corrected chi connectivity index (χ4v) is 4.28. The number of halogens is 1. The summed E-state index contributed by atoms with van der Waals surface area (Å²) in [6.07, 6.45) is 0. The molecule has 1 aliphatic heterocycles. The van der Waals surface area contributed by atoms with Crippen molar-refractivity contribution in [2.24, 2.45) is 0 Å². The number of anilines is 1. The van der Waals surface area contributed by atoms with Gasteiger partial charge in [0.2, 0.25) is 5.76 Å². The molecule has 0 spiro atoms. The van der Waals surface area contributed by atoms with Gasteiger partial charge in [-0.3, -0.25) is 24.6 Å². The van der Waals surface area contributed by atoms with Crippen molar-refractivity contribution in [1.82, 2.24) is 0 Å². The summed E-state index contributed by atoms with van der Waals surface area (Å²) in [7, 11) is 0. The topological polar surface area (TPSA) is 120 Å². The molecule has 10 heteroatoms. The van der Waals surface area contributed by atoms with Crippen molar-refractivity contribution in [2.75, 3.05) is 11.5 Å². The molecule has 180 valence electrons. The monoisotopic (exact) mass is 488 g/mol. The highest BCUT2D eigenvalue weighted by atomic mass is 19.1. The molecule has 0 fully saturated rings. The molecule has 1 atom stereocenters. The lowest BCUT2D eigenvalue weighted by atomic mass is 9.98. The van der Waals surface area contributed by atoms with Gasteiger partial charge in [-0.2, -0.15) is 0 Å². The summed E-state index contributed by atoms with van der Waals surface area (Å²) in [6, 6.07) is 13.9. The van der Waals surface area contributed by atoms with Crippen LogP contribution in [0.1, 0.15) is 45.0 Å². The summed E-state index contributed by atoms with van der Waals surface area (Å²) in [6.45, 7) is 1.88. The van der Waals surface area contributed by atoms with Gasteiger partial charge in [0, 0.05) is 17.8 Å². The van der Waals surface area contributed by atoms with Crippen LogP contribution in [0.3, 0.4) is 0 Å². The zero-order valence-corrected chi connectivity index (χ0v) is 18.8. The largest absolute Gasteiger partial charge is 0.462 e. The first kappa shape index (κ1) is 22.9. The van der Waals surface area contributed by atoms with E-state index in [0.29, 0.717) is 11.3 Å². The second-order valence-corrected chi connectivity index (χ2v) is 8.01.